The molecule has 0 amide bonds. The molecule has 3 aromatic rings. The van der Waals surface area contributed by atoms with Crippen LogP contribution in [0.3, 0.4) is 0 Å². The number of aromatic nitrogens is 2. The van der Waals surface area contributed by atoms with Gasteiger partial charge in [0.15, 0.2) is 6.23 Å². The van der Waals surface area contributed by atoms with E-state index in [0.29, 0.717) is 12.5 Å². The molecule has 4 heterocycles. The zero-order valence-corrected chi connectivity index (χ0v) is 25.6. The van der Waals surface area contributed by atoms with E-state index in [9.17, 15) is 9.59 Å². The molecule has 1 N–H and O–H groups in total. The Morgan fingerprint density at radius 1 is 1.00 bits per heavy atom. The van der Waals surface area contributed by atoms with E-state index in [1.807, 2.05) is 6.92 Å². The third kappa shape index (κ3) is 5.43. The summed E-state index contributed by atoms with van der Waals surface area (Å²) in [5.41, 5.74) is -0.984. The molecule has 3 aliphatic rings. The van der Waals surface area contributed by atoms with Gasteiger partial charge in [-0.05, 0) is 25.3 Å². The number of benzene rings is 2. The highest BCUT2D eigenvalue weighted by Crippen LogP contribution is 2.59. The van der Waals surface area contributed by atoms with Crippen molar-refractivity contribution in [2.75, 3.05) is 13.7 Å². The van der Waals surface area contributed by atoms with Gasteiger partial charge in [0.25, 0.3) is 14.1 Å². The molecule has 41 heavy (non-hydrogen) atoms. The van der Waals surface area contributed by atoms with Gasteiger partial charge < -0.3 is 18.5 Å². The van der Waals surface area contributed by atoms with Gasteiger partial charge in [0, 0.05) is 32.0 Å². The number of nitrogens with one attached hydrogen (secondary N) is 1. The van der Waals surface area contributed by atoms with Crippen LogP contribution in [0.5, 0.6) is 0 Å². The summed E-state index contributed by atoms with van der Waals surface area (Å²) in [6.07, 6.45) is 2.43. The number of ether oxygens (including phenoxy) is 2. The van der Waals surface area contributed by atoms with Crippen molar-refractivity contribution >= 4 is 27.0 Å². The van der Waals surface area contributed by atoms with E-state index in [2.05, 4.69) is 76.9 Å². The highest BCUT2D eigenvalue weighted by atomic mass is 31.2. The predicted molar refractivity (Wildman–Crippen MR) is 161 cm³/mol. The van der Waals surface area contributed by atoms with Gasteiger partial charge in [-0.25, -0.2) is 9.46 Å². The Morgan fingerprint density at radius 3 is 2.29 bits per heavy atom. The van der Waals surface area contributed by atoms with Crippen molar-refractivity contribution < 1.29 is 18.5 Å². The average molecular weight is 596 g/mol. The molecule has 2 aromatic carbocycles. The highest BCUT2D eigenvalue weighted by Gasteiger charge is 2.54. The highest BCUT2D eigenvalue weighted by molar-refractivity contribution is 7.45. The molecule has 6 rings (SSSR count). The van der Waals surface area contributed by atoms with Gasteiger partial charge in [-0.1, -0.05) is 84.5 Å². The van der Waals surface area contributed by atoms with Crippen LogP contribution in [0.15, 0.2) is 82.5 Å². The van der Waals surface area contributed by atoms with Crippen molar-refractivity contribution in [2.24, 2.45) is 0 Å². The lowest BCUT2D eigenvalue weighted by Crippen LogP contribution is -2.58. The molecule has 0 bridgehead atoms. The summed E-state index contributed by atoms with van der Waals surface area (Å²) < 4.78 is 29.7. The lowest BCUT2D eigenvalue weighted by Gasteiger charge is -2.32. The second-order valence-corrected chi connectivity index (χ2v) is 16.9. The van der Waals surface area contributed by atoms with Crippen LogP contribution in [0, 0.1) is 0 Å². The van der Waals surface area contributed by atoms with E-state index in [0.717, 1.165) is 25.4 Å². The standard InChI is InChI=1S/C30H38N3O6PSi/c1-4-24-27(28(36-2)29(37-24)32-19-17-26(34)31-30(32)35)39-40-33-18-11-16-23(33)25(38-40)20-41(3,21-12-7-5-8-13-21)22-14-9-6-10-15-22/h5-10,12-15,17,19,23-25,27-29H,4,11,16,18,20H2,1-3H3,(H,31,34,35)/t23-,24+,25+,27-,28?,29+,40-/m0/s1. The molecule has 0 spiro atoms. The number of hydrogen-bond donors (Lipinski definition) is 1. The van der Waals surface area contributed by atoms with E-state index in [1.54, 1.807) is 7.11 Å². The van der Waals surface area contributed by atoms with Crippen molar-refractivity contribution in [1.29, 1.82) is 0 Å². The van der Waals surface area contributed by atoms with Gasteiger partial charge in [-0.2, -0.15) is 0 Å². The molecule has 218 valence electrons. The number of hydrogen-bond acceptors (Lipinski definition) is 7. The van der Waals surface area contributed by atoms with Crippen LogP contribution in [0.2, 0.25) is 12.6 Å². The normalized spacial score (nSPS) is 30.1. The lowest BCUT2D eigenvalue weighted by molar-refractivity contribution is -0.0538. The Kier molecular flexibility index (Phi) is 8.43. The summed E-state index contributed by atoms with van der Waals surface area (Å²) in [5, 5.41) is 2.81. The number of H-pyrrole nitrogens is 1. The molecule has 7 atom stereocenters. The fourth-order valence-corrected chi connectivity index (χ4v) is 12.6. The average Bonchev–Trinajstić information content (AvgIpc) is 3.69. The largest absolute Gasteiger partial charge is 0.374 e. The summed E-state index contributed by atoms with van der Waals surface area (Å²) in [5.74, 6) is 0. The number of aromatic amines is 1. The Morgan fingerprint density at radius 2 is 1.68 bits per heavy atom. The number of rotatable bonds is 9. The van der Waals surface area contributed by atoms with Crippen LogP contribution in [-0.2, 0) is 18.5 Å². The molecule has 0 aliphatic carbocycles. The van der Waals surface area contributed by atoms with Gasteiger partial charge in [-0.3, -0.25) is 14.3 Å². The molecule has 3 aliphatic heterocycles. The Hall–Kier alpha value is -2.43. The predicted octanol–water partition coefficient (Wildman–Crippen LogP) is 3.23. The minimum Gasteiger partial charge on any atom is -0.374 e. The third-order valence-electron chi connectivity index (χ3n) is 8.86. The SMILES string of the molecule is CC[C@H]1O[C@@H](n2ccc(=O)[nH]c2=O)C(OC)[C@H]1O[P@]1O[C@H](C[Si](C)(c2ccccc2)c2ccccc2)[C@@H]2CCCN21. The Labute approximate surface area is 242 Å². The van der Waals surface area contributed by atoms with Crippen molar-refractivity contribution in [3.63, 3.8) is 0 Å². The second kappa shape index (κ2) is 12.0. The van der Waals surface area contributed by atoms with Crippen LogP contribution in [-0.4, -0.2) is 66.4 Å². The molecule has 9 nitrogen and oxygen atoms in total. The molecule has 1 unspecified atom stereocenters. The first-order chi connectivity index (χ1) is 19.9. The summed E-state index contributed by atoms with van der Waals surface area (Å²) >= 11 is 0. The molecule has 0 radical (unpaired) electrons. The summed E-state index contributed by atoms with van der Waals surface area (Å²) in [4.78, 5) is 26.6. The molecule has 1 aromatic heterocycles. The fraction of sp³-hybridized carbons (Fsp3) is 0.467. The van der Waals surface area contributed by atoms with Gasteiger partial charge in [-0.15, -0.1) is 0 Å². The maximum Gasteiger partial charge on any atom is 0.330 e. The van der Waals surface area contributed by atoms with Crippen molar-refractivity contribution in [1.82, 2.24) is 14.2 Å². The summed E-state index contributed by atoms with van der Waals surface area (Å²) in [6, 6.07) is 24.4. The van der Waals surface area contributed by atoms with Crippen LogP contribution >= 0.6 is 8.53 Å². The molecule has 3 fully saturated rings. The van der Waals surface area contributed by atoms with E-state index >= 15 is 0 Å². The minimum atomic E-state index is -2.12. The van der Waals surface area contributed by atoms with E-state index in [4.69, 9.17) is 18.5 Å². The third-order valence-corrected chi connectivity index (χ3v) is 15.1. The second-order valence-electron chi connectivity index (χ2n) is 11.3. The smallest absolute Gasteiger partial charge is 0.330 e. The van der Waals surface area contributed by atoms with Crippen molar-refractivity contribution in [3.8, 4) is 0 Å². The van der Waals surface area contributed by atoms with Crippen molar-refractivity contribution in [3.05, 3.63) is 93.8 Å². The van der Waals surface area contributed by atoms with Gasteiger partial charge in [0.05, 0.1) is 12.2 Å². The number of methoxy groups -OCH3 is 1. The maximum absolute atomic E-state index is 12.6. The van der Waals surface area contributed by atoms with Crippen LogP contribution in [0.4, 0.5) is 0 Å². The van der Waals surface area contributed by atoms with Crippen LogP contribution < -0.4 is 21.6 Å². The van der Waals surface area contributed by atoms with Crippen LogP contribution in [0.1, 0.15) is 32.4 Å². The zero-order valence-electron chi connectivity index (χ0n) is 23.7. The van der Waals surface area contributed by atoms with Crippen LogP contribution in [0.25, 0.3) is 0 Å². The topological polar surface area (TPSA) is 95.0 Å². The maximum atomic E-state index is 12.6. The molecule has 0 saturated carbocycles. The molecule has 11 heteroatoms. The first-order valence-corrected chi connectivity index (χ1v) is 18.3. The molecular formula is C30H38N3O6PSi. The van der Waals surface area contributed by atoms with Crippen molar-refractivity contribution in [2.45, 2.75) is 75.5 Å². The van der Waals surface area contributed by atoms with Gasteiger partial charge >= 0.3 is 5.69 Å². The summed E-state index contributed by atoms with van der Waals surface area (Å²) in [6.45, 7) is 5.42. The first-order valence-electron chi connectivity index (χ1n) is 14.4. The Balaban J connectivity index is 1.26. The zero-order chi connectivity index (χ0) is 28.6. The lowest BCUT2D eigenvalue weighted by atomic mass is 10.1. The van der Waals surface area contributed by atoms with E-state index < -0.39 is 46.3 Å². The monoisotopic (exact) mass is 595 g/mol. The summed E-state index contributed by atoms with van der Waals surface area (Å²) in [7, 11) is -1.86. The van der Waals surface area contributed by atoms with Gasteiger partial charge in [0.2, 0.25) is 0 Å². The van der Waals surface area contributed by atoms with Gasteiger partial charge in [0.1, 0.15) is 20.3 Å². The number of fused-ring (bicyclic) bond motifs is 1. The molecule has 3 saturated heterocycles. The van der Waals surface area contributed by atoms with E-state index in [-0.39, 0.29) is 12.2 Å². The molecular weight excluding hydrogens is 557 g/mol. The quantitative estimate of drug-likeness (QED) is 0.300. The van der Waals surface area contributed by atoms with E-state index in [1.165, 1.54) is 27.2 Å². The fourth-order valence-electron chi connectivity index (χ4n) is 6.65. The first kappa shape index (κ1) is 28.7. The minimum absolute atomic E-state index is 0.0571. The number of nitrogens with zero attached hydrogens (tertiary/aromatic N) is 2. The Bertz CT molecular complexity index is 1400.